The lowest BCUT2D eigenvalue weighted by atomic mass is 9.98. The van der Waals surface area contributed by atoms with Gasteiger partial charge in [0.05, 0.1) is 43.1 Å². The highest BCUT2D eigenvalue weighted by atomic mass is 32.2. The van der Waals surface area contributed by atoms with Crippen molar-refractivity contribution < 1.29 is 23.0 Å². The number of nitrogens with one attached hydrogen (secondary N) is 1. The van der Waals surface area contributed by atoms with Gasteiger partial charge in [-0.15, -0.1) is 5.10 Å². The third-order valence-corrected chi connectivity index (χ3v) is 7.74. The highest BCUT2D eigenvalue weighted by Crippen LogP contribution is 2.25. The van der Waals surface area contributed by atoms with Crippen LogP contribution >= 0.6 is 0 Å². The number of nitrogens with zero attached hydrogens (tertiary/aromatic N) is 3. The van der Waals surface area contributed by atoms with E-state index in [1.165, 1.54) is 0 Å². The number of methoxy groups -OCH3 is 1. The molecule has 0 amide bonds. The van der Waals surface area contributed by atoms with Crippen LogP contribution in [0.1, 0.15) is 24.8 Å². The maximum Gasteiger partial charge on any atom is 0.241 e. The average Bonchev–Trinajstić information content (AvgIpc) is 3.32. The first-order chi connectivity index (χ1) is 16.4. The first kappa shape index (κ1) is 24.3. The third kappa shape index (κ3) is 5.64. The van der Waals surface area contributed by atoms with Crippen LogP contribution in [0.4, 0.5) is 0 Å². The number of aliphatic hydroxyl groups is 1. The van der Waals surface area contributed by atoms with Crippen LogP contribution in [-0.4, -0.2) is 60.5 Å². The molecule has 182 valence electrons. The molecule has 2 N–H and O–H groups in total. The van der Waals surface area contributed by atoms with Crippen molar-refractivity contribution in [2.24, 2.45) is 0 Å². The Balaban J connectivity index is 1.33. The van der Waals surface area contributed by atoms with Gasteiger partial charge in [0.25, 0.3) is 0 Å². The SMILES string of the molecule is COc1ccc(-c2cn(CC[C@@H]3CC[C@@H](NS(=O)(=O)c4ccccc4C)[C@@H](CO)O3)nn2)cc1. The summed E-state index contributed by atoms with van der Waals surface area (Å²) in [6.07, 6.45) is 3.10. The lowest BCUT2D eigenvalue weighted by Gasteiger charge is -2.36. The van der Waals surface area contributed by atoms with Crippen molar-refractivity contribution in [2.75, 3.05) is 13.7 Å². The summed E-state index contributed by atoms with van der Waals surface area (Å²) in [6, 6.07) is 14.0. The molecule has 4 rings (SSSR count). The van der Waals surface area contributed by atoms with Gasteiger partial charge in [0.1, 0.15) is 11.4 Å². The normalized spacial score (nSPS) is 20.9. The van der Waals surface area contributed by atoms with Crippen LogP contribution in [0, 0.1) is 6.92 Å². The van der Waals surface area contributed by atoms with Gasteiger partial charge in [0.15, 0.2) is 0 Å². The molecule has 10 heteroatoms. The van der Waals surface area contributed by atoms with Gasteiger partial charge in [-0.05, 0) is 62.1 Å². The average molecular weight is 487 g/mol. The molecule has 1 aliphatic rings. The van der Waals surface area contributed by atoms with Crippen molar-refractivity contribution in [3.05, 3.63) is 60.3 Å². The molecule has 2 heterocycles. The fourth-order valence-corrected chi connectivity index (χ4v) is 5.72. The zero-order valence-electron chi connectivity index (χ0n) is 19.3. The van der Waals surface area contributed by atoms with Crippen molar-refractivity contribution in [1.82, 2.24) is 19.7 Å². The van der Waals surface area contributed by atoms with Gasteiger partial charge >= 0.3 is 0 Å². The highest BCUT2D eigenvalue weighted by molar-refractivity contribution is 7.89. The minimum atomic E-state index is -3.71. The van der Waals surface area contributed by atoms with Crippen LogP contribution in [0.3, 0.4) is 0 Å². The maximum absolute atomic E-state index is 12.9. The van der Waals surface area contributed by atoms with Gasteiger partial charge in [-0.2, -0.15) is 0 Å². The summed E-state index contributed by atoms with van der Waals surface area (Å²) in [5.41, 5.74) is 2.39. The number of aliphatic hydroxyl groups excluding tert-OH is 1. The van der Waals surface area contributed by atoms with Crippen LogP contribution in [0.2, 0.25) is 0 Å². The monoisotopic (exact) mass is 486 g/mol. The summed E-state index contributed by atoms with van der Waals surface area (Å²) in [4.78, 5) is 0.243. The van der Waals surface area contributed by atoms with Gasteiger partial charge in [0, 0.05) is 12.1 Å². The Morgan fingerprint density at radius 1 is 1.18 bits per heavy atom. The van der Waals surface area contributed by atoms with Crippen molar-refractivity contribution in [3.8, 4) is 17.0 Å². The molecule has 3 atom stereocenters. The van der Waals surface area contributed by atoms with Crippen molar-refractivity contribution in [1.29, 1.82) is 0 Å². The Hall–Kier alpha value is -2.79. The minimum Gasteiger partial charge on any atom is -0.497 e. The predicted molar refractivity (Wildman–Crippen MR) is 127 cm³/mol. The standard InChI is InChI=1S/C24H30N4O5S/c1-17-5-3-4-6-24(17)34(30,31)26-21-12-11-20(33-23(21)16-29)13-14-28-15-22(25-27-28)18-7-9-19(32-2)10-8-18/h3-10,15,20-21,23,26,29H,11-14,16H2,1-2H3/t20-,21+,23+/m0/s1. The van der Waals surface area contributed by atoms with Crippen LogP contribution in [0.25, 0.3) is 11.3 Å². The highest BCUT2D eigenvalue weighted by Gasteiger charge is 2.34. The topological polar surface area (TPSA) is 116 Å². The molecule has 0 spiro atoms. The van der Waals surface area contributed by atoms with E-state index in [1.54, 1.807) is 43.0 Å². The lowest BCUT2D eigenvalue weighted by Crippen LogP contribution is -2.51. The molecule has 0 radical (unpaired) electrons. The second-order valence-electron chi connectivity index (χ2n) is 8.43. The summed E-state index contributed by atoms with van der Waals surface area (Å²) < 4.78 is 41.4. The van der Waals surface area contributed by atoms with Crippen LogP contribution in [0.15, 0.2) is 59.6 Å². The van der Waals surface area contributed by atoms with Crippen molar-refractivity contribution in [3.63, 3.8) is 0 Å². The van der Waals surface area contributed by atoms with Crippen LogP contribution < -0.4 is 9.46 Å². The minimum absolute atomic E-state index is 0.106. The van der Waals surface area contributed by atoms with Gasteiger partial charge in [0.2, 0.25) is 10.0 Å². The van der Waals surface area contributed by atoms with E-state index >= 15 is 0 Å². The summed E-state index contributed by atoms with van der Waals surface area (Å²) >= 11 is 0. The van der Waals surface area contributed by atoms with E-state index in [0.29, 0.717) is 31.4 Å². The second kappa shape index (κ2) is 10.6. The molecule has 0 saturated carbocycles. The zero-order chi connectivity index (χ0) is 24.1. The van der Waals surface area contributed by atoms with E-state index in [4.69, 9.17) is 9.47 Å². The third-order valence-electron chi connectivity index (χ3n) is 6.09. The Labute approximate surface area is 199 Å². The Bertz CT molecular complexity index is 1200. The van der Waals surface area contributed by atoms with E-state index in [2.05, 4.69) is 15.0 Å². The summed E-state index contributed by atoms with van der Waals surface area (Å²) in [5.74, 6) is 0.781. The molecular formula is C24H30N4O5S. The van der Waals surface area contributed by atoms with E-state index in [-0.39, 0.29) is 17.6 Å². The zero-order valence-corrected chi connectivity index (χ0v) is 20.1. The largest absolute Gasteiger partial charge is 0.497 e. The predicted octanol–water partition coefficient (Wildman–Crippen LogP) is 2.54. The van der Waals surface area contributed by atoms with E-state index in [9.17, 15) is 13.5 Å². The van der Waals surface area contributed by atoms with Crippen LogP contribution in [0.5, 0.6) is 5.75 Å². The summed E-state index contributed by atoms with van der Waals surface area (Å²) in [7, 11) is -2.08. The number of sulfonamides is 1. The van der Waals surface area contributed by atoms with Gasteiger partial charge < -0.3 is 14.6 Å². The fourth-order valence-electron chi connectivity index (χ4n) is 4.18. The number of hydrogen-bond acceptors (Lipinski definition) is 7. The van der Waals surface area contributed by atoms with Gasteiger partial charge in [-0.1, -0.05) is 23.4 Å². The smallest absolute Gasteiger partial charge is 0.241 e. The van der Waals surface area contributed by atoms with E-state index in [0.717, 1.165) is 17.0 Å². The van der Waals surface area contributed by atoms with Crippen LogP contribution in [-0.2, 0) is 21.3 Å². The number of ether oxygens (including phenoxy) is 2. The molecule has 34 heavy (non-hydrogen) atoms. The Kier molecular flexibility index (Phi) is 7.62. The van der Waals surface area contributed by atoms with E-state index in [1.807, 2.05) is 30.5 Å². The first-order valence-corrected chi connectivity index (χ1v) is 12.8. The quantitative estimate of drug-likeness (QED) is 0.478. The number of rotatable bonds is 9. The number of hydrogen-bond donors (Lipinski definition) is 2. The molecule has 0 aliphatic carbocycles. The second-order valence-corrected chi connectivity index (χ2v) is 10.1. The Morgan fingerprint density at radius 3 is 2.65 bits per heavy atom. The molecule has 1 aliphatic heterocycles. The molecule has 0 bridgehead atoms. The molecule has 1 saturated heterocycles. The molecule has 2 aromatic carbocycles. The molecule has 1 fully saturated rings. The van der Waals surface area contributed by atoms with Crippen molar-refractivity contribution in [2.45, 2.75) is 55.9 Å². The molecule has 1 aromatic heterocycles. The van der Waals surface area contributed by atoms with Gasteiger partial charge in [-0.3, -0.25) is 4.68 Å². The molecule has 3 aromatic rings. The molecule has 9 nitrogen and oxygen atoms in total. The molecular weight excluding hydrogens is 456 g/mol. The van der Waals surface area contributed by atoms with Gasteiger partial charge in [-0.25, -0.2) is 13.1 Å². The fraction of sp³-hybridized carbons (Fsp3) is 0.417. The summed E-state index contributed by atoms with van der Waals surface area (Å²) in [6.45, 7) is 2.10. The number of aryl methyl sites for hydroxylation is 2. The Morgan fingerprint density at radius 2 is 1.94 bits per heavy atom. The summed E-state index contributed by atoms with van der Waals surface area (Å²) in [5, 5.41) is 18.3. The number of aromatic nitrogens is 3. The van der Waals surface area contributed by atoms with Crippen molar-refractivity contribution >= 4 is 10.0 Å². The molecule has 0 unspecified atom stereocenters. The first-order valence-electron chi connectivity index (χ1n) is 11.3. The maximum atomic E-state index is 12.9. The van der Waals surface area contributed by atoms with E-state index < -0.39 is 22.2 Å². The number of benzene rings is 2. The lowest BCUT2D eigenvalue weighted by molar-refractivity contribution is -0.0891.